The molecule has 0 unspecified atom stereocenters. The average Bonchev–Trinajstić information content (AvgIpc) is 2.98. The Labute approximate surface area is 178 Å². The summed E-state index contributed by atoms with van der Waals surface area (Å²) in [6.07, 6.45) is 4.05. The first-order valence-corrected chi connectivity index (χ1v) is 11.2. The number of carbonyl (C=O) groups is 1. The molecule has 0 bridgehead atoms. The fourth-order valence-electron chi connectivity index (χ4n) is 3.04. The van der Waals surface area contributed by atoms with Crippen molar-refractivity contribution in [2.75, 3.05) is 13.1 Å². The number of nitrogens with zero attached hydrogens (tertiary/aromatic N) is 3. The highest BCUT2D eigenvalue weighted by Gasteiger charge is 2.29. The molecule has 28 heavy (non-hydrogen) atoms. The molecule has 0 atom stereocenters. The van der Waals surface area contributed by atoms with E-state index in [1.165, 1.54) is 22.6 Å². The van der Waals surface area contributed by atoms with E-state index in [-0.39, 0.29) is 27.0 Å². The first-order valence-electron chi connectivity index (χ1n) is 8.65. The highest BCUT2D eigenvalue weighted by Crippen LogP contribution is 2.32. The highest BCUT2D eigenvalue weighted by molar-refractivity contribution is 7.89. The molecule has 7 nitrogen and oxygen atoms in total. The number of amides is 1. The molecule has 1 aliphatic heterocycles. The monoisotopic (exact) mass is 464 g/mol. The lowest BCUT2D eigenvalue weighted by molar-refractivity contribution is 0.0950. The number of halogens is 3. The number of hydrogen-bond donors (Lipinski definition) is 1. The Kier molecular flexibility index (Phi) is 6.56. The number of carbonyl (C=O) groups excluding carboxylic acids is 1. The smallest absolute Gasteiger partial charge is 0.253 e. The van der Waals surface area contributed by atoms with E-state index < -0.39 is 15.9 Å². The van der Waals surface area contributed by atoms with E-state index in [1.807, 2.05) is 0 Å². The molecule has 1 N–H and O–H groups in total. The molecule has 2 heterocycles. The van der Waals surface area contributed by atoms with Gasteiger partial charge in [-0.3, -0.25) is 9.48 Å². The SMILES string of the molecule is Cn1ncc(Cl)c1CNC(=O)c1cc(S(=O)(=O)N2CCCCC2)c(Cl)cc1Cl. The first kappa shape index (κ1) is 21.4. The minimum Gasteiger partial charge on any atom is -0.346 e. The fourth-order valence-corrected chi connectivity index (χ4v) is 5.62. The maximum absolute atomic E-state index is 13.0. The minimum absolute atomic E-state index is 0.0122. The zero-order valence-corrected chi connectivity index (χ0v) is 18.2. The third-order valence-electron chi connectivity index (χ3n) is 4.63. The molecular weight excluding hydrogens is 447 g/mol. The summed E-state index contributed by atoms with van der Waals surface area (Å²) in [6, 6.07) is 2.51. The number of hydrogen-bond acceptors (Lipinski definition) is 4. The summed E-state index contributed by atoms with van der Waals surface area (Å²) < 4.78 is 28.9. The Morgan fingerprint density at radius 2 is 1.79 bits per heavy atom. The van der Waals surface area contributed by atoms with Crippen molar-refractivity contribution in [3.8, 4) is 0 Å². The van der Waals surface area contributed by atoms with Crippen LogP contribution in [0.3, 0.4) is 0 Å². The van der Waals surface area contributed by atoms with Gasteiger partial charge in [-0.15, -0.1) is 0 Å². The Bertz CT molecular complexity index is 982. The number of piperidine rings is 1. The topological polar surface area (TPSA) is 84.3 Å². The fraction of sp³-hybridized carbons (Fsp3) is 0.412. The predicted molar refractivity (Wildman–Crippen MR) is 108 cm³/mol. The van der Waals surface area contributed by atoms with Gasteiger partial charge in [-0.1, -0.05) is 41.2 Å². The predicted octanol–water partition coefficient (Wildman–Crippen LogP) is 3.48. The molecule has 11 heteroatoms. The molecule has 1 aliphatic rings. The molecule has 1 amide bonds. The van der Waals surface area contributed by atoms with Gasteiger partial charge in [0.1, 0.15) is 4.90 Å². The zero-order valence-electron chi connectivity index (χ0n) is 15.1. The van der Waals surface area contributed by atoms with Crippen molar-refractivity contribution in [2.24, 2.45) is 7.05 Å². The lowest BCUT2D eigenvalue weighted by Gasteiger charge is -2.26. The van der Waals surface area contributed by atoms with Gasteiger partial charge in [-0.05, 0) is 25.0 Å². The molecule has 3 rings (SSSR count). The van der Waals surface area contributed by atoms with E-state index >= 15 is 0 Å². The summed E-state index contributed by atoms with van der Waals surface area (Å²) in [5.41, 5.74) is 0.640. The highest BCUT2D eigenvalue weighted by atomic mass is 35.5. The van der Waals surface area contributed by atoms with Crippen molar-refractivity contribution in [3.05, 3.63) is 44.7 Å². The number of aromatic nitrogens is 2. The van der Waals surface area contributed by atoms with Gasteiger partial charge in [0, 0.05) is 20.1 Å². The lowest BCUT2D eigenvalue weighted by Crippen LogP contribution is -2.36. The Hall–Kier alpha value is -1.32. The van der Waals surface area contributed by atoms with E-state index in [9.17, 15) is 13.2 Å². The number of rotatable bonds is 5. The molecule has 1 aromatic heterocycles. The molecular formula is C17H19Cl3N4O3S. The lowest BCUT2D eigenvalue weighted by atomic mass is 10.2. The maximum Gasteiger partial charge on any atom is 0.253 e. The molecule has 1 fully saturated rings. The van der Waals surface area contributed by atoms with E-state index in [4.69, 9.17) is 34.8 Å². The summed E-state index contributed by atoms with van der Waals surface area (Å²) >= 11 is 18.4. The van der Waals surface area contributed by atoms with Gasteiger partial charge in [0.05, 0.1) is 39.1 Å². The summed E-state index contributed by atoms with van der Waals surface area (Å²) in [5.74, 6) is -0.533. The van der Waals surface area contributed by atoms with E-state index in [1.54, 1.807) is 11.7 Å². The van der Waals surface area contributed by atoms with E-state index in [2.05, 4.69) is 10.4 Å². The van der Waals surface area contributed by atoms with Gasteiger partial charge in [-0.25, -0.2) is 8.42 Å². The molecule has 1 aromatic carbocycles. The van der Waals surface area contributed by atoms with Crippen LogP contribution in [0.5, 0.6) is 0 Å². The third-order valence-corrected chi connectivity index (χ3v) is 7.62. The molecule has 2 aromatic rings. The van der Waals surface area contributed by atoms with Gasteiger partial charge in [0.15, 0.2) is 0 Å². The second-order valence-electron chi connectivity index (χ2n) is 6.47. The normalized spacial score (nSPS) is 15.6. The van der Waals surface area contributed by atoms with Gasteiger partial charge in [-0.2, -0.15) is 9.40 Å². The molecule has 0 spiro atoms. The van der Waals surface area contributed by atoms with Crippen LogP contribution in [-0.4, -0.2) is 41.5 Å². The maximum atomic E-state index is 13.0. The van der Waals surface area contributed by atoms with Crippen molar-refractivity contribution in [1.29, 1.82) is 0 Å². The van der Waals surface area contributed by atoms with Gasteiger partial charge in [0.25, 0.3) is 5.91 Å². The quantitative estimate of drug-likeness (QED) is 0.732. The summed E-state index contributed by atoms with van der Waals surface area (Å²) in [7, 11) is -2.11. The number of sulfonamides is 1. The Balaban J connectivity index is 1.87. The van der Waals surface area contributed by atoms with E-state index in [0.717, 1.165) is 19.3 Å². The van der Waals surface area contributed by atoms with Crippen LogP contribution in [0.15, 0.2) is 23.2 Å². The van der Waals surface area contributed by atoms with Crippen molar-refractivity contribution in [3.63, 3.8) is 0 Å². The summed E-state index contributed by atoms with van der Waals surface area (Å²) in [5, 5.41) is 7.15. The second-order valence-corrected chi connectivity index (χ2v) is 9.60. The Morgan fingerprint density at radius 1 is 1.11 bits per heavy atom. The number of benzene rings is 1. The van der Waals surface area contributed by atoms with Crippen molar-refractivity contribution in [2.45, 2.75) is 30.7 Å². The van der Waals surface area contributed by atoms with Gasteiger partial charge < -0.3 is 5.32 Å². The van der Waals surface area contributed by atoms with Crippen molar-refractivity contribution in [1.82, 2.24) is 19.4 Å². The molecule has 1 saturated heterocycles. The summed E-state index contributed by atoms with van der Waals surface area (Å²) in [6.45, 7) is 0.977. The van der Waals surface area contributed by atoms with Crippen molar-refractivity contribution < 1.29 is 13.2 Å². The second kappa shape index (κ2) is 8.59. The third kappa shape index (κ3) is 4.31. The van der Waals surface area contributed by atoms with Crippen LogP contribution in [0.2, 0.25) is 15.1 Å². The van der Waals surface area contributed by atoms with Crippen LogP contribution in [0.25, 0.3) is 0 Å². The molecule has 152 valence electrons. The number of nitrogens with one attached hydrogen (secondary N) is 1. The number of aryl methyl sites for hydroxylation is 1. The van der Waals surface area contributed by atoms with Crippen LogP contribution >= 0.6 is 34.8 Å². The largest absolute Gasteiger partial charge is 0.346 e. The zero-order chi connectivity index (χ0) is 20.5. The molecule has 0 saturated carbocycles. The standard InChI is InChI=1S/C17H19Cl3N4O3S/c1-23-15(14(20)9-22-23)10-21-17(25)11-7-16(13(19)8-12(11)18)28(26,27)24-5-3-2-4-6-24/h7-9H,2-6,10H2,1H3,(H,21,25). The first-order chi connectivity index (χ1) is 13.2. The average molecular weight is 466 g/mol. The van der Waals surface area contributed by atoms with E-state index in [0.29, 0.717) is 23.8 Å². The minimum atomic E-state index is -3.81. The van der Waals surface area contributed by atoms with Crippen LogP contribution < -0.4 is 5.32 Å². The van der Waals surface area contributed by atoms with Gasteiger partial charge >= 0.3 is 0 Å². The van der Waals surface area contributed by atoms with Gasteiger partial charge in [0.2, 0.25) is 10.0 Å². The van der Waals surface area contributed by atoms with Crippen LogP contribution in [0, 0.1) is 0 Å². The van der Waals surface area contributed by atoms with Crippen LogP contribution in [-0.2, 0) is 23.6 Å². The summed E-state index contributed by atoms with van der Waals surface area (Å²) in [4.78, 5) is 12.5. The van der Waals surface area contributed by atoms with Crippen LogP contribution in [0.4, 0.5) is 0 Å². The van der Waals surface area contributed by atoms with Crippen molar-refractivity contribution >= 4 is 50.7 Å². The Morgan fingerprint density at radius 3 is 2.39 bits per heavy atom. The molecule has 0 radical (unpaired) electrons. The molecule has 0 aliphatic carbocycles. The van der Waals surface area contributed by atoms with Crippen LogP contribution in [0.1, 0.15) is 35.3 Å².